The van der Waals surface area contributed by atoms with E-state index in [-0.39, 0.29) is 29.9 Å². The molecule has 1 saturated heterocycles. The Bertz CT molecular complexity index is 658. The second-order valence-electron chi connectivity index (χ2n) is 5.47. The number of nitrogens with zero attached hydrogens (tertiary/aromatic N) is 2. The van der Waals surface area contributed by atoms with Crippen LogP contribution in [0.4, 0.5) is 4.39 Å². The van der Waals surface area contributed by atoms with E-state index in [1.54, 1.807) is 0 Å². The summed E-state index contributed by atoms with van der Waals surface area (Å²) in [4.78, 5) is 13.8. The minimum Gasteiger partial charge on any atom is -0.355 e. The summed E-state index contributed by atoms with van der Waals surface area (Å²) in [5.74, 6) is -0.636. The molecular weight excluding hydrogens is 321 g/mol. The summed E-state index contributed by atoms with van der Waals surface area (Å²) in [5, 5.41) is 2.76. The Kier molecular flexibility index (Phi) is 5.72. The van der Waals surface area contributed by atoms with Crippen LogP contribution in [0.25, 0.3) is 0 Å². The number of carbonyl (C=O) groups is 1. The zero-order valence-electron chi connectivity index (χ0n) is 13.3. The molecule has 1 aliphatic heterocycles. The fraction of sp³-hybridized carbons (Fsp3) is 0.533. The minimum absolute atomic E-state index is 0.0391. The highest BCUT2D eigenvalue weighted by Gasteiger charge is 2.31. The molecule has 128 valence electrons. The molecule has 2 rings (SSSR count). The van der Waals surface area contributed by atoms with Gasteiger partial charge in [-0.1, -0.05) is 6.07 Å². The molecule has 1 heterocycles. The van der Waals surface area contributed by atoms with E-state index in [9.17, 15) is 17.6 Å². The van der Waals surface area contributed by atoms with Crippen LogP contribution in [0.2, 0.25) is 0 Å². The molecule has 0 aromatic heterocycles. The van der Waals surface area contributed by atoms with Crippen molar-refractivity contribution >= 4 is 15.9 Å². The highest BCUT2D eigenvalue weighted by molar-refractivity contribution is 7.89. The largest absolute Gasteiger partial charge is 0.355 e. The predicted octanol–water partition coefficient (Wildman–Crippen LogP) is 0.657. The predicted molar refractivity (Wildman–Crippen MR) is 84.9 cm³/mol. The SMILES string of the molecule is CCNC(=O)[C@@H](C)N1CCN(S(=O)(=O)c2cccc(F)c2)CC1. The van der Waals surface area contributed by atoms with E-state index in [0.29, 0.717) is 19.6 Å². The van der Waals surface area contributed by atoms with Crippen molar-refractivity contribution in [2.75, 3.05) is 32.7 Å². The van der Waals surface area contributed by atoms with E-state index in [2.05, 4.69) is 5.32 Å². The molecule has 0 unspecified atom stereocenters. The maximum Gasteiger partial charge on any atom is 0.243 e. The van der Waals surface area contributed by atoms with Crippen molar-refractivity contribution in [1.82, 2.24) is 14.5 Å². The first kappa shape index (κ1) is 17.8. The summed E-state index contributed by atoms with van der Waals surface area (Å²) in [5.41, 5.74) is 0. The molecule has 1 aliphatic rings. The van der Waals surface area contributed by atoms with Gasteiger partial charge in [-0.15, -0.1) is 0 Å². The van der Waals surface area contributed by atoms with Crippen LogP contribution in [0.3, 0.4) is 0 Å². The van der Waals surface area contributed by atoms with Crippen LogP contribution >= 0.6 is 0 Å². The summed E-state index contributed by atoms with van der Waals surface area (Å²) in [6.07, 6.45) is 0. The van der Waals surface area contributed by atoms with Gasteiger partial charge in [0.25, 0.3) is 0 Å². The number of rotatable bonds is 5. The molecule has 1 amide bonds. The quantitative estimate of drug-likeness (QED) is 0.853. The third-order valence-electron chi connectivity index (χ3n) is 3.99. The van der Waals surface area contributed by atoms with E-state index in [0.717, 1.165) is 6.07 Å². The Morgan fingerprint density at radius 1 is 1.30 bits per heavy atom. The molecule has 23 heavy (non-hydrogen) atoms. The molecule has 8 heteroatoms. The smallest absolute Gasteiger partial charge is 0.243 e. The van der Waals surface area contributed by atoms with Crippen molar-refractivity contribution in [3.8, 4) is 0 Å². The Balaban J connectivity index is 2.02. The van der Waals surface area contributed by atoms with Crippen molar-refractivity contribution in [2.45, 2.75) is 24.8 Å². The summed E-state index contributed by atoms with van der Waals surface area (Å²) in [6, 6.07) is 4.72. The van der Waals surface area contributed by atoms with Crippen LogP contribution < -0.4 is 5.32 Å². The minimum atomic E-state index is -3.70. The summed E-state index contributed by atoms with van der Waals surface area (Å²) >= 11 is 0. The van der Waals surface area contributed by atoms with Gasteiger partial charge in [-0.2, -0.15) is 4.31 Å². The number of halogens is 1. The third kappa shape index (κ3) is 4.07. The first-order valence-electron chi connectivity index (χ1n) is 7.63. The molecule has 1 aromatic rings. The van der Waals surface area contributed by atoms with Gasteiger partial charge in [0.2, 0.25) is 15.9 Å². The Hall–Kier alpha value is -1.51. The lowest BCUT2D eigenvalue weighted by Gasteiger charge is -2.36. The van der Waals surface area contributed by atoms with Gasteiger partial charge < -0.3 is 5.32 Å². The summed E-state index contributed by atoms with van der Waals surface area (Å²) < 4.78 is 39.6. The van der Waals surface area contributed by atoms with E-state index < -0.39 is 15.8 Å². The highest BCUT2D eigenvalue weighted by atomic mass is 32.2. The Morgan fingerprint density at radius 3 is 2.52 bits per heavy atom. The molecule has 6 nitrogen and oxygen atoms in total. The number of piperazine rings is 1. The molecular formula is C15H22FN3O3S. The molecule has 1 fully saturated rings. The van der Waals surface area contributed by atoms with Crippen LogP contribution in [0.1, 0.15) is 13.8 Å². The second-order valence-corrected chi connectivity index (χ2v) is 7.41. The first-order valence-corrected chi connectivity index (χ1v) is 9.07. The number of hydrogen-bond donors (Lipinski definition) is 1. The van der Waals surface area contributed by atoms with Crippen LogP contribution in [-0.4, -0.2) is 62.3 Å². The number of carbonyl (C=O) groups excluding carboxylic acids is 1. The van der Waals surface area contributed by atoms with Crippen molar-refractivity contribution in [3.63, 3.8) is 0 Å². The number of nitrogens with one attached hydrogen (secondary N) is 1. The first-order chi connectivity index (χ1) is 10.9. The fourth-order valence-corrected chi connectivity index (χ4v) is 4.05. The number of sulfonamides is 1. The lowest BCUT2D eigenvalue weighted by atomic mass is 10.2. The standard InChI is InChI=1S/C15H22FN3O3S/c1-3-17-15(20)12(2)18-7-9-19(10-8-18)23(21,22)14-6-4-5-13(16)11-14/h4-6,11-12H,3,7-10H2,1-2H3,(H,17,20)/t12-/m1/s1. The molecule has 0 spiro atoms. The Morgan fingerprint density at radius 2 is 1.96 bits per heavy atom. The zero-order chi connectivity index (χ0) is 17.0. The lowest BCUT2D eigenvalue weighted by molar-refractivity contribution is -0.126. The maximum atomic E-state index is 13.3. The van der Waals surface area contributed by atoms with Gasteiger partial charge in [-0.05, 0) is 32.0 Å². The van der Waals surface area contributed by atoms with Gasteiger partial charge in [0.15, 0.2) is 0 Å². The zero-order valence-corrected chi connectivity index (χ0v) is 14.1. The highest BCUT2D eigenvalue weighted by Crippen LogP contribution is 2.19. The maximum absolute atomic E-state index is 13.3. The monoisotopic (exact) mass is 343 g/mol. The number of hydrogen-bond acceptors (Lipinski definition) is 4. The van der Waals surface area contributed by atoms with Crippen molar-refractivity contribution < 1.29 is 17.6 Å². The van der Waals surface area contributed by atoms with Gasteiger partial charge in [-0.25, -0.2) is 12.8 Å². The average Bonchev–Trinajstić information content (AvgIpc) is 2.54. The molecule has 1 N–H and O–H groups in total. The van der Waals surface area contributed by atoms with Crippen LogP contribution in [0, 0.1) is 5.82 Å². The average molecular weight is 343 g/mol. The van der Waals surface area contributed by atoms with Gasteiger partial charge >= 0.3 is 0 Å². The van der Waals surface area contributed by atoms with Gasteiger partial charge in [0, 0.05) is 32.7 Å². The number of amides is 1. The van der Waals surface area contributed by atoms with Crippen LogP contribution in [0.5, 0.6) is 0 Å². The van der Waals surface area contributed by atoms with E-state index >= 15 is 0 Å². The molecule has 1 aromatic carbocycles. The normalized spacial score (nSPS) is 18.6. The molecule has 0 saturated carbocycles. The number of benzene rings is 1. The van der Waals surface area contributed by atoms with E-state index in [1.807, 2.05) is 18.7 Å². The van der Waals surface area contributed by atoms with Crippen LogP contribution in [0.15, 0.2) is 29.2 Å². The van der Waals surface area contributed by atoms with E-state index in [4.69, 9.17) is 0 Å². The number of likely N-dealkylation sites (N-methyl/N-ethyl adjacent to an activating group) is 1. The van der Waals surface area contributed by atoms with Gasteiger partial charge in [0.05, 0.1) is 10.9 Å². The summed E-state index contributed by atoms with van der Waals surface area (Å²) in [6.45, 7) is 5.72. The van der Waals surface area contributed by atoms with Gasteiger partial charge in [0.1, 0.15) is 5.82 Å². The van der Waals surface area contributed by atoms with Crippen molar-refractivity contribution in [2.24, 2.45) is 0 Å². The van der Waals surface area contributed by atoms with E-state index in [1.165, 1.54) is 22.5 Å². The van der Waals surface area contributed by atoms with Crippen molar-refractivity contribution in [3.05, 3.63) is 30.1 Å². The van der Waals surface area contributed by atoms with Crippen LogP contribution in [-0.2, 0) is 14.8 Å². The summed E-state index contributed by atoms with van der Waals surface area (Å²) in [7, 11) is -3.70. The van der Waals surface area contributed by atoms with Crippen molar-refractivity contribution in [1.29, 1.82) is 0 Å². The lowest BCUT2D eigenvalue weighted by Crippen LogP contribution is -2.54. The second kappa shape index (κ2) is 7.37. The topological polar surface area (TPSA) is 69.7 Å². The molecule has 0 bridgehead atoms. The molecule has 0 aliphatic carbocycles. The third-order valence-corrected chi connectivity index (χ3v) is 5.88. The van der Waals surface area contributed by atoms with Gasteiger partial charge in [-0.3, -0.25) is 9.69 Å². The Labute approximate surface area is 136 Å². The molecule has 0 radical (unpaired) electrons. The fourth-order valence-electron chi connectivity index (χ4n) is 2.60. The molecule has 1 atom stereocenters.